The maximum atomic E-state index is 12.3. The summed E-state index contributed by atoms with van der Waals surface area (Å²) in [4.78, 5) is 38.1. The molecule has 0 spiro atoms. The Morgan fingerprint density at radius 1 is 1.19 bits per heavy atom. The van der Waals surface area contributed by atoms with Gasteiger partial charge in [-0.05, 0) is 42.8 Å². The Hall–Kier alpha value is -2.67. The van der Waals surface area contributed by atoms with Crippen molar-refractivity contribution in [2.24, 2.45) is 5.92 Å². The van der Waals surface area contributed by atoms with Crippen molar-refractivity contribution in [2.45, 2.75) is 13.3 Å². The largest absolute Gasteiger partial charge is 0.455 e. The van der Waals surface area contributed by atoms with Crippen LogP contribution in [-0.2, 0) is 19.1 Å². The first kappa shape index (κ1) is 19.1. The number of anilines is 2. The number of ether oxygens (including phenoxy) is 1. The lowest BCUT2D eigenvalue weighted by Crippen LogP contribution is -2.28. The molecule has 0 radical (unpaired) electrons. The van der Waals surface area contributed by atoms with Crippen LogP contribution >= 0.6 is 15.9 Å². The fourth-order valence-corrected chi connectivity index (χ4v) is 3.21. The van der Waals surface area contributed by atoms with Crippen LogP contribution in [0.1, 0.15) is 12.0 Å². The van der Waals surface area contributed by atoms with E-state index >= 15 is 0 Å². The number of halogens is 1. The second kappa shape index (κ2) is 8.35. The molecule has 1 N–H and O–H groups in total. The van der Waals surface area contributed by atoms with E-state index in [4.69, 9.17) is 4.74 Å². The number of hydrogen-bond donors (Lipinski definition) is 1. The summed E-state index contributed by atoms with van der Waals surface area (Å²) in [6.07, 6.45) is 0.0848. The first-order valence-electron chi connectivity index (χ1n) is 8.52. The molecule has 140 valence electrons. The Bertz CT molecular complexity index is 867. The van der Waals surface area contributed by atoms with E-state index in [9.17, 15) is 14.4 Å². The third kappa shape index (κ3) is 4.74. The van der Waals surface area contributed by atoms with Crippen molar-refractivity contribution in [3.05, 3.63) is 58.6 Å². The quantitative estimate of drug-likeness (QED) is 0.738. The zero-order valence-electron chi connectivity index (χ0n) is 14.8. The van der Waals surface area contributed by atoms with Crippen molar-refractivity contribution in [3.63, 3.8) is 0 Å². The number of rotatable bonds is 5. The summed E-state index contributed by atoms with van der Waals surface area (Å²) in [6, 6.07) is 14.6. The molecule has 0 bridgehead atoms. The summed E-state index contributed by atoms with van der Waals surface area (Å²) in [5, 5.41) is 2.65. The number of para-hydroxylation sites is 1. The highest BCUT2D eigenvalue weighted by atomic mass is 79.9. The molecule has 6 nitrogen and oxygen atoms in total. The molecule has 2 aromatic rings. The maximum absolute atomic E-state index is 12.3. The van der Waals surface area contributed by atoms with Crippen LogP contribution in [-0.4, -0.2) is 30.9 Å². The molecule has 1 heterocycles. The van der Waals surface area contributed by atoms with Crippen LogP contribution in [0.5, 0.6) is 0 Å². The van der Waals surface area contributed by atoms with Crippen molar-refractivity contribution in [2.75, 3.05) is 23.4 Å². The highest BCUT2D eigenvalue weighted by molar-refractivity contribution is 9.10. The van der Waals surface area contributed by atoms with Gasteiger partial charge in [0.2, 0.25) is 5.91 Å². The number of benzene rings is 2. The SMILES string of the molecule is Cc1ccccc1N1C[C@@H](C(=O)OCC(=O)Nc2ccc(Br)cc2)CC1=O. The molecule has 0 aliphatic carbocycles. The molecule has 0 saturated carbocycles. The van der Waals surface area contributed by atoms with E-state index in [0.29, 0.717) is 5.69 Å². The Balaban J connectivity index is 1.53. The zero-order chi connectivity index (χ0) is 19.4. The molecule has 0 unspecified atom stereocenters. The minimum Gasteiger partial charge on any atom is -0.455 e. The average molecular weight is 431 g/mol. The smallest absolute Gasteiger partial charge is 0.311 e. The molecule has 0 aromatic heterocycles. The topological polar surface area (TPSA) is 75.7 Å². The highest BCUT2D eigenvalue weighted by Crippen LogP contribution is 2.28. The number of nitrogens with one attached hydrogen (secondary N) is 1. The lowest BCUT2D eigenvalue weighted by molar-refractivity contribution is -0.151. The highest BCUT2D eigenvalue weighted by Gasteiger charge is 2.36. The molecule has 7 heteroatoms. The van der Waals surface area contributed by atoms with E-state index in [-0.39, 0.29) is 25.5 Å². The standard InChI is InChI=1S/C20H19BrN2O4/c1-13-4-2-3-5-17(13)23-11-14(10-19(23)25)20(26)27-12-18(24)22-16-8-6-15(21)7-9-16/h2-9,14H,10-12H2,1H3,(H,22,24)/t14-/m0/s1. The number of nitrogens with zero attached hydrogens (tertiary/aromatic N) is 1. The maximum Gasteiger partial charge on any atom is 0.311 e. The van der Waals surface area contributed by atoms with Gasteiger partial charge in [-0.3, -0.25) is 14.4 Å². The third-order valence-corrected chi connectivity index (χ3v) is 4.87. The molecular weight excluding hydrogens is 412 g/mol. The first-order valence-corrected chi connectivity index (χ1v) is 9.31. The third-order valence-electron chi connectivity index (χ3n) is 4.34. The molecule has 3 rings (SSSR count). The van der Waals surface area contributed by atoms with Gasteiger partial charge >= 0.3 is 5.97 Å². The van der Waals surface area contributed by atoms with Crippen LogP contribution in [0.25, 0.3) is 0 Å². The van der Waals surface area contributed by atoms with Crippen LogP contribution in [0.3, 0.4) is 0 Å². The van der Waals surface area contributed by atoms with Crippen LogP contribution in [0.4, 0.5) is 11.4 Å². The van der Waals surface area contributed by atoms with Crippen LogP contribution in [0.2, 0.25) is 0 Å². The van der Waals surface area contributed by atoms with Gasteiger partial charge in [-0.15, -0.1) is 0 Å². The van der Waals surface area contributed by atoms with Gasteiger partial charge in [0.05, 0.1) is 5.92 Å². The Morgan fingerprint density at radius 2 is 1.89 bits per heavy atom. The van der Waals surface area contributed by atoms with Crippen LogP contribution < -0.4 is 10.2 Å². The number of carbonyl (C=O) groups is 3. The molecule has 2 amide bonds. The summed E-state index contributed by atoms with van der Waals surface area (Å²) in [6.45, 7) is 1.79. The summed E-state index contributed by atoms with van der Waals surface area (Å²) < 4.78 is 6.01. The number of esters is 1. The molecule has 1 atom stereocenters. The van der Waals surface area contributed by atoms with Gasteiger partial charge in [0, 0.05) is 28.8 Å². The molecule has 1 aliphatic rings. The lowest BCUT2D eigenvalue weighted by atomic mass is 10.1. The van der Waals surface area contributed by atoms with Crippen molar-refractivity contribution in [3.8, 4) is 0 Å². The van der Waals surface area contributed by atoms with Gasteiger partial charge in [0.15, 0.2) is 6.61 Å². The minimum absolute atomic E-state index is 0.0848. The van der Waals surface area contributed by atoms with Crippen LogP contribution in [0, 0.1) is 12.8 Å². The number of hydrogen-bond acceptors (Lipinski definition) is 4. The molecule has 1 aliphatic heterocycles. The monoisotopic (exact) mass is 430 g/mol. The second-order valence-electron chi connectivity index (χ2n) is 6.35. The van der Waals surface area contributed by atoms with Gasteiger partial charge in [-0.2, -0.15) is 0 Å². The predicted molar refractivity (Wildman–Crippen MR) is 105 cm³/mol. The zero-order valence-corrected chi connectivity index (χ0v) is 16.4. The summed E-state index contributed by atoms with van der Waals surface area (Å²) >= 11 is 3.32. The second-order valence-corrected chi connectivity index (χ2v) is 7.27. The van der Waals surface area contributed by atoms with Crippen molar-refractivity contribution >= 4 is 45.1 Å². The van der Waals surface area contributed by atoms with E-state index in [1.165, 1.54) is 0 Å². The Labute approximate surface area is 165 Å². The molecular formula is C20H19BrN2O4. The number of carbonyl (C=O) groups excluding carboxylic acids is 3. The normalized spacial score (nSPS) is 16.3. The molecule has 27 heavy (non-hydrogen) atoms. The first-order chi connectivity index (χ1) is 12.9. The lowest BCUT2D eigenvalue weighted by Gasteiger charge is -2.18. The fraction of sp³-hybridized carbons (Fsp3) is 0.250. The van der Waals surface area contributed by atoms with E-state index in [1.807, 2.05) is 31.2 Å². The molecule has 2 aromatic carbocycles. The predicted octanol–water partition coefficient (Wildman–Crippen LogP) is 3.29. The molecule has 1 saturated heterocycles. The van der Waals surface area contributed by atoms with Gasteiger partial charge < -0.3 is 15.0 Å². The molecule has 1 fully saturated rings. The van der Waals surface area contributed by atoms with Crippen molar-refractivity contribution in [1.82, 2.24) is 0 Å². The Morgan fingerprint density at radius 3 is 2.59 bits per heavy atom. The van der Waals surface area contributed by atoms with E-state index in [2.05, 4.69) is 21.2 Å². The number of amides is 2. The van der Waals surface area contributed by atoms with Crippen molar-refractivity contribution < 1.29 is 19.1 Å². The van der Waals surface area contributed by atoms with E-state index in [1.54, 1.807) is 29.2 Å². The van der Waals surface area contributed by atoms with Gasteiger partial charge in [0.1, 0.15) is 0 Å². The summed E-state index contributed by atoms with van der Waals surface area (Å²) in [5.41, 5.74) is 2.38. The van der Waals surface area contributed by atoms with Crippen LogP contribution in [0.15, 0.2) is 53.0 Å². The van der Waals surface area contributed by atoms with Gasteiger partial charge in [-0.25, -0.2) is 0 Å². The minimum atomic E-state index is -0.572. The van der Waals surface area contributed by atoms with Gasteiger partial charge in [0.25, 0.3) is 5.91 Å². The van der Waals surface area contributed by atoms with E-state index < -0.39 is 17.8 Å². The Kier molecular flexibility index (Phi) is 5.91. The summed E-state index contributed by atoms with van der Waals surface area (Å²) in [5.74, 6) is -1.65. The average Bonchev–Trinajstić information content (AvgIpc) is 3.04. The van der Waals surface area contributed by atoms with Crippen molar-refractivity contribution in [1.29, 1.82) is 0 Å². The number of aryl methyl sites for hydroxylation is 1. The fourth-order valence-electron chi connectivity index (χ4n) is 2.95. The van der Waals surface area contributed by atoms with E-state index in [0.717, 1.165) is 15.7 Å². The van der Waals surface area contributed by atoms with Gasteiger partial charge in [-0.1, -0.05) is 34.1 Å². The summed E-state index contributed by atoms with van der Waals surface area (Å²) in [7, 11) is 0.